The third-order valence-electron chi connectivity index (χ3n) is 5.34. The van der Waals surface area contributed by atoms with Crippen LogP contribution >= 0.6 is 0 Å². The highest BCUT2D eigenvalue weighted by Crippen LogP contribution is 2.44. The van der Waals surface area contributed by atoms with Gasteiger partial charge in [0.15, 0.2) is 0 Å². The predicted molar refractivity (Wildman–Crippen MR) is 95.1 cm³/mol. The number of carbonyl (C=O) groups is 1. The van der Waals surface area contributed by atoms with Crippen LogP contribution in [0.25, 0.3) is 0 Å². The Labute approximate surface area is 148 Å². The molecular formula is C21H23NO3. The highest BCUT2D eigenvalue weighted by Gasteiger charge is 2.47. The molecule has 0 aliphatic carbocycles. The third kappa shape index (κ3) is 3.40. The average molecular weight is 337 g/mol. The number of likely N-dealkylation sites (tertiary alicyclic amines) is 1. The molecule has 0 aromatic heterocycles. The predicted octanol–water partition coefficient (Wildman–Crippen LogP) is 4.32. The SMILES string of the molecule is O=C(OCc1ccccc1)N1CCC2(CCO2)CC1c1ccccc1. The summed E-state index contributed by atoms with van der Waals surface area (Å²) >= 11 is 0. The molecule has 4 heteroatoms. The Bertz CT molecular complexity index is 712. The van der Waals surface area contributed by atoms with Gasteiger partial charge in [-0.1, -0.05) is 60.7 Å². The zero-order valence-electron chi connectivity index (χ0n) is 14.3. The van der Waals surface area contributed by atoms with Gasteiger partial charge in [0.05, 0.1) is 18.2 Å². The Morgan fingerprint density at radius 2 is 1.76 bits per heavy atom. The second-order valence-electron chi connectivity index (χ2n) is 6.90. The van der Waals surface area contributed by atoms with E-state index in [1.807, 2.05) is 53.4 Å². The van der Waals surface area contributed by atoms with Gasteiger partial charge >= 0.3 is 6.09 Å². The Balaban J connectivity index is 1.49. The number of rotatable bonds is 3. The number of hydrogen-bond donors (Lipinski definition) is 0. The monoisotopic (exact) mass is 337 g/mol. The van der Waals surface area contributed by atoms with Gasteiger partial charge in [0.1, 0.15) is 6.61 Å². The second kappa shape index (κ2) is 6.89. The molecule has 2 heterocycles. The van der Waals surface area contributed by atoms with Gasteiger partial charge in [-0.2, -0.15) is 0 Å². The lowest BCUT2D eigenvalue weighted by molar-refractivity contribution is -0.181. The summed E-state index contributed by atoms with van der Waals surface area (Å²) < 4.78 is 11.5. The first-order chi connectivity index (χ1) is 12.3. The minimum Gasteiger partial charge on any atom is -0.445 e. The molecule has 0 saturated carbocycles. The van der Waals surface area contributed by atoms with Crippen molar-refractivity contribution in [3.05, 3.63) is 71.8 Å². The van der Waals surface area contributed by atoms with Crippen LogP contribution in [0, 0.1) is 0 Å². The summed E-state index contributed by atoms with van der Waals surface area (Å²) in [5.74, 6) is 0. The molecular weight excluding hydrogens is 314 g/mol. The van der Waals surface area contributed by atoms with Crippen LogP contribution < -0.4 is 0 Å². The van der Waals surface area contributed by atoms with Gasteiger partial charge in [-0.3, -0.25) is 0 Å². The summed E-state index contributed by atoms with van der Waals surface area (Å²) in [5, 5.41) is 0. The van der Waals surface area contributed by atoms with E-state index in [1.54, 1.807) is 0 Å². The summed E-state index contributed by atoms with van der Waals surface area (Å²) in [4.78, 5) is 14.6. The molecule has 2 aliphatic heterocycles. The Kier molecular flexibility index (Phi) is 4.45. The summed E-state index contributed by atoms with van der Waals surface area (Å²) in [6.45, 7) is 1.81. The topological polar surface area (TPSA) is 38.8 Å². The molecule has 1 amide bonds. The zero-order valence-corrected chi connectivity index (χ0v) is 14.3. The summed E-state index contributed by atoms with van der Waals surface area (Å²) in [7, 11) is 0. The Morgan fingerprint density at radius 1 is 1.08 bits per heavy atom. The number of carbonyl (C=O) groups excluding carboxylic acids is 1. The molecule has 0 bridgehead atoms. The normalized spacial score (nSPS) is 25.4. The number of amides is 1. The molecule has 2 aliphatic rings. The van der Waals surface area contributed by atoms with E-state index < -0.39 is 0 Å². The van der Waals surface area contributed by atoms with Crippen LogP contribution in [0.2, 0.25) is 0 Å². The lowest BCUT2D eigenvalue weighted by Crippen LogP contribution is -2.54. The van der Waals surface area contributed by atoms with Gasteiger partial charge in [-0.05, 0) is 24.0 Å². The van der Waals surface area contributed by atoms with E-state index in [0.717, 1.165) is 37.0 Å². The molecule has 130 valence electrons. The van der Waals surface area contributed by atoms with Crippen LogP contribution in [-0.4, -0.2) is 29.7 Å². The van der Waals surface area contributed by atoms with Crippen LogP contribution in [0.3, 0.4) is 0 Å². The third-order valence-corrected chi connectivity index (χ3v) is 5.34. The first kappa shape index (κ1) is 16.2. The lowest BCUT2D eigenvalue weighted by Gasteiger charge is -2.50. The fourth-order valence-corrected chi connectivity index (χ4v) is 3.79. The van der Waals surface area contributed by atoms with Crippen molar-refractivity contribution in [2.24, 2.45) is 0 Å². The van der Waals surface area contributed by atoms with E-state index in [1.165, 1.54) is 0 Å². The van der Waals surface area contributed by atoms with Crippen molar-refractivity contribution in [3.63, 3.8) is 0 Å². The van der Waals surface area contributed by atoms with E-state index in [-0.39, 0.29) is 17.7 Å². The van der Waals surface area contributed by atoms with Gasteiger partial charge in [-0.25, -0.2) is 4.79 Å². The molecule has 2 atom stereocenters. The van der Waals surface area contributed by atoms with E-state index >= 15 is 0 Å². The van der Waals surface area contributed by atoms with Crippen LogP contribution in [-0.2, 0) is 16.1 Å². The van der Waals surface area contributed by atoms with Gasteiger partial charge in [0.2, 0.25) is 0 Å². The van der Waals surface area contributed by atoms with Gasteiger partial charge < -0.3 is 14.4 Å². The van der Waals surface area contributed by atoms with Crippen LogP contribution in [0.4, 0.5) is 4.79 Å². The van der Waals surface area contributed by atoms with E-state index in [0.29, 0.717) is 13.2 Å². The van der Waals surface area contributed by atoms with Crippen molar-refractivity contribution in [2.45, 2.75) is 37.5 Å². The highest BCUT2D eigenvalue weighted by atomic mass is 16.6. The molecule has 2 saturated heterocycles. The lowest BCUT2D eigenvalue weighted by atomic mass is 9.79. The maximum Gasteiger partial charge on any atom is 0.410 e. The standard InChI is InChI=1S/C21H23NO3/c23-20(24-16-17-7-3-1-4-8-17)22-13-11-21(12-14-25-21)15-19(22)18-9-5-2-6-10-18/h1-10,19H,11-16H2. The molecule has 4 rings (SSSR count). The quantitative estimate of drug-likeness (QED) is 0.837. The maximum absolute atomic E-state index is 12.7. The minimum atomic E-state index is -0.244. The van der Waals surface area contributed by atoms with Crippen LogP contribution in [0.1, 0.15) is 36.4 Å². The van der Waals surface area contributed by atoms with E-state index in [2.05, 4.69) is 12.1 Å². The number of benzene rings is 2. The molecule has 0 radical (unpaired) electrons. The summed E-state index contributed by atoms with van der Waals surface area (Å²) in [5.41, 5.74) is 2.10. The first-order valence-electron chi connectivity index (χ1n) is 8.92. The average Bonchev–Trinajstić information content (AvgIpc) is 2.66. The molecule has 25 heavy (non-hydrogen) atoms. The van der Waals surface area contributed by atoms with Crippen molar-refractivity contribution in [2.75, 3.05) is 13.2 Å². The number of ether oxygens (including phenoxy) is 2. The molecule has 0 N–H and O–H groups in total. The first-order valence-corrected chi connectivity index (χ1v) is 8.92. The summed E-state index contributed by atoms with van der Waals surface area (Å²) in [6.07, 6.45) is 2.57. The van der Waals surface area contributed by atoms with Crippen molar-refractivity contribution >= 4 is 6.09 Å². The molecule has 4 nitrogen and oxygen atoms in total. The van der Waals surface area contributed by atoms with Crippen molar-refractivity contribution in [1.29, 1.82) is 0 Å². The molecule has 1 spiro atoms. The van der Waals surface area contributed by atoms with Gasteiger partial charge in [0.25, 0.3) is 0 Å². The van der Waals surface area contributed by atoms with Gasteiger partial charge in [-0.15, -0.1) is 0 Å². The van der Waals surface area contributed by atoms with Gasteiger partial charge in [0, 0.05) is 13.0 Å². The largest absolute Gasteiger partial charge is 0.445 e. The molecule has 2 unspecified atom stereocenters. The van der Waals surface area contributed by atoms with Crippen molar-refractivity contribution in [3.8, 4) is 0 Å². The zero-order chi connectivity index (χ0) is 17.1. The van der Waals surface area contributed by atoms with Crippen LogP contribution in [0.5, 0.6) is 0 Å². The Hall–Kier alpha value is -2.33. The molecule has 2 fully saturated rings. The fraction of sp³-hybridized carbons (Fsp3) is 0.381. The molecule has 2 aromatic rings. The van der Waals surface area contributed by atoms with E-state index in [9.17, 15) is 4.79 Å². The highest BCUT2D eigenvalue weighted by molar-refractivity contribution is 5.68. The van der Waals surface area contributed by atoms with Crippen molar-refractivity contribution in [1.82, 2.24) is 4.90 Å². The Morgan fingerprint density at radius 3 is 2.40 bits per heavy atom. The van der Waals surface area contributed by atoms with Crippen LogP contribution in [0.15, 0.2) is 60.7 Å². The van der Waals surface area contributed by atoms with Crippen molar-refractivity contribution < 1.29 is 14.3 Å². The number of hydrogen-bond acceptors (Lipinski definition) is 3. The summed E-state index contributed by atoms with van der Waals surface area (Å²) in [6, 6.07) is 20.0. The second-order valence-corrected chi connectivity index (χ2v) is 6.90. The number of nitrogens with zero attached hydrogens (tertiary/aromatic N) is 1. The fourth-order valence-electron chi connectivity index (χ4n) is 3.79. The minimum absolute atomic E-state index is 0.0125. The number of piperidine rings is 1. The molecule has 2 aromatic carbocycles. The maximum atomic E-state index is 12.7. The smallest absolute Gasteiger partial charge is 0.410 e. The van der Waals surface area contributed by atoms with E-state index in [4.69, 9.17) is 9.47 Å².